The van der Waals surface area contributed by atoms with Gasteiger partial charge in [-0.05, 0) is 52.4 Å². The Labute approximate surface area is 143 Å². The highest BCUT2D eigenvalue weighted by atomic mass is 35.5. The van der Waals surface area contributed by atoms with Crippen molar-refractivity contribution in [2.75, 3.05) is 20.1 Å². The molecule has 1 rings (SSSR count). The first-order chi connectivity index (χ1) is 10.6. The minimum absolute atomic E-state index is 0.0986. The molecule has 0 bridgehead atoms. The van der Waals surface area contributed by atoms with Crippen LogP contribution in [0.3, 0.4) is 0 Å². The molecule has 2 amide bonds. The van der Waals surface area contributed by atoms with Gasteiger partial charge in [-0.25, -0.2) is 0 Å². The monoisotopic (exact) mass is 339 g/mol. The molecule has 128 valence electrons. The minimum Gasteiger partial charge on any atom is -0.350 e. The van der Waals surface area contributed by atoms with Gasteiger partial charge in [0.2, 0.25) is 11.8 Å². The van der Waals surface area contributed by atoms with Crippen LogP contribution in [0, 0.1) is 0 Å². The van der Waals surface area contributed by atoms with E-state index >= 15 is 0 Å². The van der Waals surface area contributed by atoms with Crippen LogP contribution in [0.2, 0.25) is 5.02 Å². The Kier molecular flexibility index (Phi) is 7.03. The summed E-state index contributed by atoms with van der Waals surface area (Å²) in [5.74, 6) is -0.225. The number of benzene rings is 1. The zero-order valence-electron chi connectivity index (χ0n) is 14.4. The van der Waals surface area contributed by atoms with E-state index in [1.54, 1.807) is 24.1 Å². The topological polar surface area (TPSA) is 61.4 Å². The van der Waals surface area contributed by atoms with Crippen molar-refractivity contribution in [3.05, 3.63) is 34.9 Å². The van der Waals surface area contributed by atoms with Crippen LogP contribution in [0.15, 0.2) is 24.3 Å². The molecule has 0 radical (unpaired) electrons. The summed E-state index contributed by atoms with van der Waals surface area (Å²) in [5.41, 5.74) is 0.708. The molecule has 0 fully saturated rings. The highest BCUT2D eigenvalue weighted by molar-refractivity contribution is 6.30. The molecule has 1 aromatic rings. The standard InChI is InChI=1S/C17H26ClN3O2/c1-12(13-6-8-14(18)9-7-13)19-15(22)10-21(5)11-16(23)20-17(2,3)4/h6-9,12H,10-11H2,1-5H3,(H,19,22)(H,20,23)/t12-/m1/s1. The molecule has 0 aliphatic heterocycles. The van der Waals surface area contributed by atoms with Gasteiger partial charge in [-0.3, -0.25) is 14.5 Å². The third kappa shape index (κ3) is 8.00. The predicted octanol–water partition coefficient (Wildman–Crippen LogP) is 2.36. The molecule has 0 aromatic heterocycles. The molecule has 0 aliphatic rings. The summed E-state index contributed by atoms with van der Waals surface area (Å²) < 4.78 is 0. The lowest BCUT2D eigenvalue weighted by Gasteiger charge is -2.23. The van der Waals surface area contributed by atoms with Gasteiger partial charge >= 0.3 is 0 Å². The van der Waals surface area contributed by atoms with E-state index in [4.69, 9.17) is 11.6 Å². The molecular formula is C17H26ClN3O2. The highest BCUT2D eigenvalue weighted by Crippen LogP contribution is 2.15. The van der Waals surface area contributed by atoms with Crippen LogP contribution >= 0.6 is 11.6 Å². The molecule has 0 unspecified atom stereocenters. The second kappa shape index (κ2) is 8.31. The van der Waals surface area contributed by atoms with Gasteiger partial charge in [-0.2, -0.15) is 0 Å². The van der Waals surface area contributed by atoms with Crippen LogP contribution in [-0.2, 0) is 9.59 Å². The fraction of sp³-hybridized carbons (Fsp3) is 0.529. The number of carbonyl (C=O) groups excluding carboxylic acids is 2. The number of rotatable bonds is 6. The number of hydrogen-bond donors (Lipinski definition) is 2. The molecule has 23 heavy (non-hydrogen) atoms. The van der Waals surface area contributed by atoms with E-state index in [1.807, 2.05) is 39.8 Å². The Bertz CT molecular complexity index is 538. The van der Waals surface area contributed by atoms with Crippen LogP contribution in [0.25, 0.3) is 0 Å². The minimum atomic E-state index is -0.275. The Morgan fingerprint density at radius 2 is 1.65 bits per heavy atom. The van der Waals surface area contributed by atoms with Crippen LogP contribution in [0.4, 0.5) is 0 Å². The van der Waals surface area contributed by atoms with Crippen LogP contribution in [-0.4, -0.2) is 42.4 Å². The zero-order chi connectivity index (χ0) is 17.6. The quantitative estimate of drug-likeness (QED) is 0.836. The first kappa shape index (κ1) is 19.5. The number of carbonyl (C=O) groups is 2. The average molecular weight is 340 g/mol. The van der Waals surface area contributed by atoms with Crippen molar-refractivity contribution in [3.8, 4) is 0 Å². The lowest BCUT2D eigenvalue weighted by atomic mass is 10.1. The van der Waals surface area contributed by atoms with Gasteiger partial charge < -0.3 is 10.6 Å². The molecule has 1 aromatic carbocycles. The fourth-order valence-electron chi connectivity index (χ4n) is 2.13. The first-order valence-electron chi connectivity index (χ1n) is 7.61. The molecule has 5 nitrogen and oxygen atoms in total. The van der Waals surface area contributed by atoms with Gasteiger partial charge in [0, 0.05) is 10.6 Å². The van der Waals surface area contributed by atoms with Crippen molar-refractivity contribution in [3.63, 3.8) is 0 Å². The maximum Gasteiger partial charge on any atom is 0.234 e. The van der Waals surface area contributed by atoms with Crippen molar-refractivity contribution in [1.82, 2.24) is 15.5 Å². The van der Waals surface area contributed by atoms with Gasteiger partial charge in [0.25, 0.3) is 0 Å². The van der Waals surface area contributed by atoms with E-state index in [0.717, 1.165) is 5.56 Å². The molecule has 0 saturated heterocycles. The molecule has 0 saturated carbocycles. The van der Waals surface area contributed by atoms with Gasteiger partial charge in [0.15, 0.2) is 0 Å². The molecule has 1 atom stereocenters. The van der Waals surface area contributed by atoms with E-state index in [-0.39, 0.29) is 36.5 Å². The second-order valence-electron chi connectivity index (χ2n) is 6.81. The Hall–Kier alpha value is -1.59. The van der Waals surface area contributed by atoms with E-state index in [2.05, 4.69) is 10.6 Å². The smallest absolute Gasteiger partial charge is 0.234 e. The van der Waals surface area contributed by atoms with E-state index in [9.17, 15) is 9.59 Å². The van der Waals surface area contributed by atoms with E-state index in [0.29, 0.717) is 5.02 Å². The Morgan fingerprint density at radius 1 is 1.13 bits per heavy atom. The van der Waals surface area contributed by atoms with Crippen LogP contribution in [0.5, 0.6) is 0 Å². The Morgan fingerprint density at radius 3 is 2.17 bits per heavy atom. The van der Waals surface area contributed by atoms with Gasteiger partial charge in [0.1, 0.15) is 0 Å². The van der Waals surface area contributed by atoms with Crippen LogP contribution < -0.4 is 10.6 Å². The van der Waals surface area contributed by atoms with Crippen molar-refractivity contribution >= 4 is 23.4 Å². The summed E-state index contributed by atoms with van der Waals surface area (Å²) in [6.45, 7) is 8.02. The summed E-state index contributed by atoms with van der Waals surface area (Å²) in [6, 6.07) is 7.24. The number of nitrogens with one attached hydrogen (secondary N) is 2. The highest BCUT2D eigenvalue weighted by Gasteiger charge is 2.17. The maximum absolute atomic E-state index is 12.1. The summed E-state index contributed by atoms with van der Waals surface area (Å²) in [4.78, 5) is 25.6. The molecule has 0 heterocycles. The van der Waals surface area contributed by atoms with Crippen LogP contribution in [0.1, 0.15) is 39.3 Å². The zero-order valence-corrected chi connectivity index (χ0v) is 15.2. The average Bonchev–Trinajstić information content (AvgIpc) is 2.36. The van der Waals surface area contributed by atoms with Gasteiger partial charge in [0.05, 0.1) is 19.1 Å². The second-order valence-corrected chi connectivity index (χ2v) is 7.25. The normalized spacial score (nSPS) is 12.8. The third-order valence-corrected chi connectivity index (χ3v) is 3.34. The molecule has 6 heteroatoms. The molecule has 2 N–H and O–H groups in total. The lowest BCUT2D eigenvalue weighted by molar-refractivity contribution is -0.125. The summed E-state index contributed by atoms with van der Waals surface area (Å²) >= 11 is 5.85. The summed E-state index contributed by atoms with van der Waals surface area (Å²) in [6.07, 6.45) is 0. The van der Waals surface area contributed by atoms with E-state index < -0.39 is 0 Å². The molecular weight excluding hydrogens is 314 g/mol. The molecule has 0 spiro atoms. The number of amides is 2. The third-order valence-electron chi connectivity index (χ3n) is 3.09. The van der Waals surface area contributed by atoms with Crippen molar-refractivity contribution in [2.45, 2.75) is 39.3 Å². The molecule has 0 aliphatic carbocycles. The first-order valence-corrected chi connectivity index (χ1v) is 7.99. The lowest BCUT2D eigenvalue weighted by Crippen LogP contribution is -2.47. The maximum atomic E-state index is 12.1. The van der Waals surface area contributed by atoms with Crippen molar-refractivity contribution in [2.24, 2.45) is 0 Å². The van der Waals surface area contributed by atoms with Gasteiger partial charge in [-0.15, -0.1) is 0 Å². The van der Waals surface area contributed by atoms with Crippen molar-refractivity contribution < 1.29 is 9.59 Å². The van der Waals surface area contributed by atoms with Gasteiger partial charge in [-0.1, -0.05) is 23.7 Å². The van der Waals surface area contributed by atoms with E-state index in [1.165, 1.54) is 0 Å². The number of halogens is 1. The predicted molar refractivity (Wildman–Crippen MR) is 93.4 cm³/mol. The largest absolute Gasteiger partial charge is 0.350 e. The van der Waals surface area contributed by atoms with Crippen molar-refractivity contribution in [1.29, 1.82) is 0 Å². The SMILES string of the molecule is C[C@@H](NC(=O)CN(C)CC(=O)NC(C)(C)C)c1ccc(Cl)cc1. The number of likely N-dealkylation sites (N-methyl/N-ethyl adjacent to an activating group) is 1. The summed E-state index contributed by atoms with van der Waals surface area (Å²) in [7, 11) is 1.74. The summed E-state index contributed by atoms with van der Waals surface area (Å²) in [5, 5.41) is 6.45. The fourth-order valence-corrected chi connectivity index (χ4v) is 2.25. The Balaban J connectivity index is 2.43. The number of nitrogens with zero attached hydrogens (tertiary/aromatic N) is 1. The number of hydrogen-bond acceptors (Lipinski definition) is 3.